The van der Waals surface area contributed by atoms with Crippen LogP contribution in [0, 0.1) is 0 Å². The zero-order valence-electron chi connectivity index (χ0n) is 17.3. The molecule has 2 aromatic rings. The lowest BCUT2D eigenvalue weighted by molar-refractivity contribution is 0.122. The minimum atomic E-state index is -0.201. The molecule has 3 aliphatic heterocycles. The van der Waals surface area contributed by atoms with Crippen LogP contribution in [-0.4, -0.2) is 54.9 Å². The van der Waals surface area contributed by atoms with E-state index in [1.165, 1.54) is 17.7 Å². The molecule has 0 aliphatic carbocycles. The number of rotatable bonds is 4. The van der Waals surface area contributed by atoms with Crippen molar-refractivity contribution in [1.29, 1.82) is 0 Å². The van der Waals surface area contributed by atoms with Gasteiger partial charge in [-0.05, 0) is 44.0 Å². The van der Waals surface area contributed by atoms with E-state index in [9.17, 15) is 4.79 Å². The van der Waals surface area contributed by atoms with Crippen molar-refractivity contribution in [3.05, 3.63) is 35.5 Å². The van der Waals surface area contributed by atoms with Gasteiger partial charge in [0.1, 0.15) is 5.82 Å². The monoisotopic (exact) mass is 408 g/mol. The highest BCUT2D eigenvalue weighted by Crippen LogP contribution is 2.40. The van der Waals surface area contributed by atoms with Crippen molar-refractivity contribution in [3.8, 4) is 11.4 Å². The molecule has 2 unspecified atom stereocenters. The van der Waals surface area contributed by atoms with Gasteiger partial charge < -0.3 is 25.6 Å². The predicted octanol–water partition coefficient (Wildman–Crippen LogP) is 2.47. The van der Waals surface area contributed by atoms with Gasteiger partial charge in [0.25, 0.3) is 0 Å². The van der Waals surface area contributed by atoms with Crippen LogP contribution in [0.15, 0.2) is 24.3 Å². The Bertz CT molecular complexity index is 926. The van der Waals surface area contributed by atoms with E-state index in [4.69, 9.17) is 14.7 Å². The van der Waals surface area contributed by atoms with Gasteiger partial charge in [-0.15, -0.1) is 0 Å². The number of benzene rings is 1. The molecule has 2 bridgehead atoms. The van der Waals surface area contributed by atoms with Crippen molar-refractivity contribution in [2.75, 3.05) is 43.1 Å². The Labute approximate surface area is 176 Å². The number of fused-ring (bicyclic) bond motifs is 4. The molecule has 1 aromatic heterocycles. The topological polar surface area (TPSA) is 91.4 Å². The van der Waals surface area contributed by atoms with Crippen molar-refractivity contribution in [1.82, 2.24) is 20.6 Å². The number of carbonyl (C=O) groups is 1. The van der Waals surface area contributed by atoms with Gasteiger partial charge in [-0.2, -0.15) is 0 Å². The van der Waals surface area contributed by atoms with Crippen LogP contribution in [0.4, 0.5) is 16.3 Å². The molecule has 0 saturated carbocycles. The summed E-state index contributed by atoms with van der Waals surface area (Å²) >= 11 is 0. The minimum Gasteiger partial charge on any atom is -0.378 e. The molecule has 8 nitrogen and oxygen atoms in total. The molecule has 8 heteroatoms. The largest absolute Gasteiger partial charge is 0.378 e. The lowest BCUT2D eigenvalue weighted by atomic mass is 9.99. The van der Waals surface area contributed by atoms with E-state index in [0.717, 1.165) is 62.0 Å². The van der Waals surface area contributed by atoms with Crippen LogP contribution in [0.2, 0.25) is 0 Å². The molecule has 2 saturated heterocycles. The molecule has 0 radical (unpaired) electrons. The maximum Gasteiger partial charge on any atom is 0.319 e. The summed E-state index contributed by atoms with van der Waals surface area (Å²) in [6.45, 7) is 5.66. The van der Waals surface area contributed by atoms with Gasteiger partial charge in [-0.1, -0.05) is 0 Å². The van der Waals surface area contributed by atoms with Crippen LogP contribution < -0.4 is 20.9 Å². The first-order valence-corrected chi connectivity index (χ1v) is 10.9. The van der Waals surface area contributed by atoms with Crippen LogP contribution in [0.1, 0.15) is 37.1 Å². The SMILES string of the molecule is CCNC(=O)Nc1ccc(-c2nc3c(c(N4CCOCC4)n2)C2CCC(C3)N2)cc1. The van der Waals surface area contributed by atoms with E-state index in [-0.39, 0.29) is 6.03 Å². The van der Waals surface area contributed by atoms with Gasteiger partial charge in [0.2, 0.25) is 0 Å². The first-order valence-electron chi connectivity index (χ1n) is 10.9. The molecule has 2 amide bonds. The first-order chi connectivity index (χ1) is 14.7. The van der Waals surface area contributed by atoms with E-state index in [1.54, 1.807) is 0 Å². The highest BCUT2D eigenvalue weighted by molar-refractivity contribution is 5.89. The maximum atomic E-state index is 11.7. The number of morpholine rings is 1. The summed E-state index contributed by atoms with van der Waals surface area (Å²) in [6.07, 6.45) is 3.30. The number of hydrogen-bond donors (Lipinski definition) is 3. The Morgan fingerprint density at radius 1 is 1.20 bits per heavy atom. The van der Waals surface area contributed by atoms with Crippen molar-refractivity contribution >= 4 is 17.5 Å². The van der Waals surface area contributed by atoms with Gasteiger partial charge in [0.05, 0.1) is 18.9 Å². The molecule has 2 atom stereocenters. The van der Waals surface area contributed by atoms with Crippen LogP contribution in [0.3, 0.4) is 0 Å². The quantitative estimate of drug-likeness (QED) is 0.720. The number of urea groups is 1. The second kappa shape index (κ2) is 8.20. The molecule has 5 rings (SSSR count). The summed E-state index contributed by atoms with van der Waals surface area (Å²) in [5.74, 6) is 1.81. The fraction of sp³-hybridized carbons (Fsp3) is 0.500. The fourth-order valence-electron chi connectivity index (χ4n) is 4.64. The Kier molecular flexibility index (Phi) is 5.26. The molecule has 30 heavy (non-hydrogen) atoms. The van der Waals surface area contributed by atoms with Crippen LogP contribution in [0.5, 0.6) is 0 Å². The number of nitrogens with one attached hydrogen (secondary N) is 3. The van der Waals surface area contributed by atoms with E-state index in [1.807, 2.05) is 31.2 Å². The zero-order valence-corrected chi connectivity index (χ0v) is 17.3. The Hall–Kier alpha value is -2.71. The number of carbonyl (C=O) groups excluding carboxylic acids is 1. The average Bonchev–Trinajstić information content (AvgIpc) is 3.15. The number of amides is 2. The molecular weight excluding hydrogens is 380 g/mol. The summed E-state index contributed by atoms with van der Waals surface area (Å²) in [7, 11) is 0. The van der Waals surface area contributed by atoms with Crippen LogP contribution >= 0.6 is 0 Å². The first kappa shape index (κ1) is 19.3. The number of ether oxygens (including phenoxy) is 1. The van der Waals surface area contributed by atoms with E-state index >= 15 is 0 Å². The summed E-state index contributed by atoms with van der Waals surface area (Å²) in [5, 5.41) is 9.31. The third-order valence-corrected chi connectivity index (χ3v) is 6.08. The molecule has 158 valence electrons. The number of nitrogens with zero attached hydrogens (tertiary/aromatic N) is 3. The predicted molar refractivity (Wildman–Crippen MR) is 116 cm³/mol. The van der Waals surface area contributed by atoms with E-state index in [0.29, 0.717) is 18.6 Å². The summed E-state index contributed by atoms with van der Waals surface area (Å²) in [4.78, 5) is 24.1. The number of hydrogen-bond acceptors (Lipinski definition) is 6. The maximum absolute atomic E-state index is 11.7. The number of aromatic nitrogens is 2. The third kappa shape index (κ3) is 3.73. The highest BCUT2D eigenvalue weighted by Gasteiger charge is 2.37. The Morgan fingerprint density at radius 3 is 2.77 bits per heavy atom. The van der Waals surface area contributed by atoms with Crippen molar-refractivity contribution in [2.24, 2.45) is 0 Å². The van der Waals surface area contributed by atoms with E-state index < -0.39 is 0 Å². The summed E-state index contributed by atoms with van der Waals surface area (Å²) in [6, 6.07) is 8.41. The molecular formula is C22H28N6O2. The number of anilines is 2. The molecule has 0 spiro atoms. The van der Waals surface area contributed by atoms with Crippen molar-refractivity contribution < 1.29 is 9.53 Å². The van der Waals surface area contributed by atoms with Gasteiger partial charge in [-0.25, -0.2) is 14.8 Å². The van der Waals surface area contributed by atoms with Gasteiger partial charge in [0.15, 0.2) is 5.82 Å². The molecule has 3 aliphatic rings. The lowest BCUT2D eigenvalue weighted by Crippen LogP contribution is -2.40. The van der Waals surface area contributed by atoms with Gasteiger partial charge >= 0.3 is 6.03 Å². The highest BCUT2D eigenvalue weighted by atomic mass is 16.5. The molecule has 2 fully saturated rings. The summed E-state index contributed by atoms with van der Waals surface area (Å²) < 4.78 is 5.56. The van der Waals surface area contributed by atoms with Gasteiger partial charge in [-0.3, -0.25) is 0 Å². The van der Waals surface area contributed by atoms with Gasteiger partial charge in [0, 0.05) is 55.0 Å². The van der Waals surface area contributed by atoms with E-state index in [2.05, 4.69) is 20.9 Å². The molecule has 1 aromatic carbocycles. The zero-order chi connectivity index (χ0) is 20.5. The summed E-state index contributed by atoms with van der Waals surface area (Å²) in [5.41, 5.74) is 4.17. The Morgan fingerprint density at radius 2 is 2.00 bits per heavy atom. The third-order valence-electron chi connectivity index (χ3n) is 6.08. The molecule has 4 heterocycles. The van der Waals surface area contributed by atoms with Crippen molar-refractivity contribution in [3.63, 3.8) is 0 Å². The normalized spacial score (nSPS) is 22.5. The standard InChI is InChI=1S/C22H28N6O2/c1-2-23-22(29)25-15-5-3-14(4-6-15)20-26-18-13-16-7-8-17(24-16)19(18)21(27-20)28-9-11-30-12-10-28/h3-6,16-17,24H,2,7-13H2,1H3,(H2,23,25,29). The lowest BCUT2D eigenvalue weighted by Gasteiger charge is -2.33. The Balaban J connectivity index is 1.48. The van der Waals surface area contributed by atoms with Crippen LogP contribution in [-0.2, 0) is 11.2 Å². The average molecular weight is 409 g/mol. The minimum absolute atomic E-state index is 0.201. The second-order valence-electron chi connectivity index (χ2n) is 8.09. The fourth-order valence-corrected chi connectivity index (χ4v) is 4.64. The van der Waals surface area contributed by atoms with Crippen LogP contribution in [0.25, 0.3) is 11.4 Å². The van der Waals surface area contributed by atoms with Crippen molar-refractivity contribution in [2.45, 2.75) is 38.3 Å². The smallest absolute Gasteiger partial charge is 0.319 e. The second-order valence-corrected chi connectivity index (χ2v) is 8.09. The molecule has 3 N–H and O–H groups in total.